The van der Waals surface area contributed by atoms with E-state index in [-0.39, 0.29) is 18.5 Å². The number of aryl methyl sites for hydroxylation is 2. The van der Waals surface area contributed by atoms with Gasteiger partial charge < -0.3 is 4.74 Å². The Morgan fingerprint density at radius 1 is 1.13 bits per heavy atom. The Hall–Kier alpha value is -3.40. The van der Waals surface area contributed by atoms with Crippen LogP contribution in [0.5, 0.6) is 5.75 Å². The van der Waals surface area contributed by atoms with Gasteiger partial charge in [-0.1, -0.05) is 6.92 Å². The topological polar surface area (TPSA) is 69.0 Å². The summed E-state index contributed by atoms with van der Waals surface area (Å²) in [5.74, 6) is 2.30. The van der Waals surface area contributed by atoms with E-state index in [2.05, 4.69) is 74.7 Å². The predicted molar refractivity (Wildman–Crippen MR) is 192 cm³/mol. The van der Waals surface area contributed by atoms with Crippen molar-refractivity contribution in [3.8, 4) is 28.1 Å². The number of methoxy groups -OCH3 is 1. The number of halogens is 1. The van der Waals surface area contributed by atoms with E-state index in [1.165, 1.54) is 27.9 Å². The molecule has 0 aliphatic carbocycles. The molecule has 0 bridgehead atoms. The Labute approximate surface area is 274 Å². The van der Waals surface area contributed by atoms with Crippen LogP contribution in [0.1, 0.15) is 56.4 Å². The van der Waals surface area contributed by atoms with Crippen LogP contribution in [-0.4, -0.2) is 55.7 Å². The molecule has 2 fully saturated rings. The van der Waals surface area contributed by atoms with Crippen molar-refractivity contribution in [2.45, 2.75) is 65.9 Å². The van der Waals surface area contributed by atoms with Gasteiger partial charge in [0, 0.05) is 0 Å². The van der Waals surface area contributed by atoms with Crippen LogP contribution in [0.25, 0.3) is 28.0 Å². The van der Waals surface area contributed by atoms with E-state index in [4.69, 9.17) is 19.6 Å². The van der Waals surface area contributed by atoms with Gasteiger partial charge in [-0.25, -0.2) is 0 Å². The van der Waals surface area contributed by atoms with Crippen LogP contribution in [0.3, 0.4) is 0 Å². The molecule has 0 spiro atoms. The van der Waals surface area contributed by atoms with E-state index in [0.29, 0.717) is 5.92 Å². The monoisotopic (exact) mass is 720 g/mol. The number of fused-ring (bicyclic) bond motifs is 1. The summed E-state index contributed by atoms with van der Waals surface area (Å²) in [4.78, 5) is 19.8. The van der Waals surface area contributed by atoms with Gasteiger partial charge in [-0.2, -0.15) is 0 Å². The number of alkyl halides is 2. The molecule has 2 aromatic carbocycles. The zero-order valence-corrected chi connectivity index (χ0v) is 29.4. The van der Waals surface area contributed by atoms with Crippen molar-refractivity contribution in [2.75, 3.05) is 34.0 Å². The van der Waals surface area contributed by atoms with E-state index < -0.39 is 19.8 Å². The number of carbonyl (C=O) groups excluding carboxylic acids is 1. The molecule has 2 aromatic heterocycles. The summed E-state index contributed by atoms with van der Waals surface area (Å²) < 4.78 is 17.9. The fraction of sp³-hybridized carbons (Fsp3) is 0.432. The molecule has 0 amide bonds. The number of aromatic nitrogens is 3. The SMILES string of the molecule is C=CC[C@H](C)Oc1cc(C)c(I2CCC2)cc1-c1cccc(-c2cc3nc(C)c(CC(=O)OC)c(N4CCC(C)CC4)n3n2)c1. The average Bonchev–Trinajstić information content (AvgIpc) is 3.42. The molecule has 2 saturated heterocycles. The molecule has 0 N–H and O–H groups in total. The second-order valence-corrected chi connectivity index (χ2v) is 18.5. The summed E-state index contributed by atoms with van der Waals surface area (Å²) in [5.41, 5.74) is 8.04. The number of anilines is 1. The van der Waals surface area contributed by atoms with Gasteiger partial charge in [0.05, 0.1) is 7.11 Å². The first-order chi connectivity index (χ1) is 21.7. The first kappa shape index (κ1) is 31.6. The maximum absolute atomic E-state index is 12.5. The number of piperidine rings is 1. The average molecular weight is 721 g/mol. The summed E-state index contributed by atoms with van der Waals surface area (Å²) in [6, 6.07) is 15.4. The fourth-order valence-electron chi connectivity index (χ4n) is 6.33. The van der Waals surface area contributed by atoms with Crippen molar-refractivity contribution in [2.24, 2.45) is 5.92 Å². The van der Waals surface area contributed by atoms with Crippen LogP contribution in [0, 0.1) is 23.3 Å². The number of benzene rings is 2. The zero-order chi connectivity index (χ0) is 31.7. The summed E-state index contributed by atoms with van der Waals surface area (Å²) in [7, 11) is 1.44. The van der Waals surface area contributed by atoms with Crippen molar-refractivity contribution in [1.82, 2.24) is 14.6 Å². The van der Waals surface area contributed by atoms with E-state index in [1.54, 1.807) is 3.57 Å². The van der Waals surface area contributed by atoms with Gasteiger partial charge in [-0.3, -0.25) is 4.79 Å². The second-order valence-electron chi connectivity index (χ2n) is 12.5. The number of hydrogen-bond acceptors (Lipinski definition) is 6. The number of carbonyl (C=O) groups is 1. The van der Waals surface area contributed by atoms with Crippen LogP contribution in [0.2, 0.25) is 0 Å². The van der Waals surface area contributed by atoms with Gasteiger partial charge in [-0.15, -0.1) is 0 Å². The van der Waals surface area contributed by atoms with Crippen molar-refractivity contribution >= 4 is 37.3 Å². The number of rotatable bonds is 10. The molecule has 4 heterocycles. The van der Waals surface area contributed by atoms with Gasteiger partial charge in [0.1, 0.15) is 0 Å². The standard InChI is InChI=1S/C37H45IN4O3/c1-7-10-26(4)45-34-19-25(3)32(38-15-9-16-38)21-31(34)28-11-8-12-29(20-28)33-23-35-39-27(5)30(22-36(43)44-6)37(42(35)40-33)41-17-13-24(2)14-18-41/h7-8,11-12,19-21,23-24,26H,1,9-10,13-18,22H2,2-6H3/t26-/m0/s1. The molecule has 8 heteroatoms. The molecule has 0 saturated carbocycles. The van der Waals surface area contributed by atoms with E-state index in [9.17, 15) is 4.79 Å². The van der Waals surface area contributed by atoms with Crippen molar-refractivity contribution in [1.29, 1.82) is 0 Å². The molecule has 6 rings (SSSR count). The van der Waals surface area contributed by atoms with Gasteiger partial charge >= 0.3 is 233 Å². The summed E-state index contributed by atoms with van der Waals surface area (Å²) >= 11 is -1.09. The fourth-order valence-corrected chi connectivity index (χ4v) is 11.1. The third-order valence-electron chi connectivity index (χ3n) is 9.08. The minimum absolute atomic E-state index is 0.0420. The van der Waals surface area contributed by atoms with Crippen LogP contribution in [0.4, 0.5) is 5.82 Å². The third kappa shape index (κ3) is 6.62. The Balaban J connectivity index is 1.44. The van der Waals surface area contributed by atoms with Crippen molar-refractivity contribution in [3.63, 3.8) is 0 Å². The summed E-state index contributed by atoms with van der Waals surface area (Å²) in [6.45, 7) is 14.4. The maximum atomic E-state index is 12.5. The van der Waals surface area contributed by atoms with E-state index in [1.807, 2.05) is 17.5 Å². The van der Waals surface area contributed by atoms with E-state index >= 15 is 0 Å². The molecule has 238 valence electrons. The molecule has 4 aromatic rings. The van der Waals surface area contributed by atoms with Crippen LogP contribution in [-0.2, 0) is 16.0 Å². The molecule has 1 atom stereocenters. The first-order valence-electron chi connectivity index (χ1n) is 16.1. The number of ether oxygens (including phenoxy) is 2. The molecule has 2 aliphatic rings. The molecular formula is C37H45IN4O3. The Morgan fingerprint density at radius 3 is 2.58 bits per heavy atom. The number of hydrogen-bond donors (Lipinski definition) is 0. The molecular weight excluding hydrogens is 675 g/mol. The van der Waals surface area contributed by atoms with Gasteiger partial charge in [0.2, 0.25) is 0 Å². The molecule has 0 radical (unpaired) electrons. The molecule has 0 unspecified atom stereocenters. The van der Waals surface area contributed by atoms with Crippen LogP contribution < -0.4 is 9.64 Å². The Morgan fingerprint density at radius 2 is 1.89 bits per heavy atom. The molecule has 2 aliphatic heterocycles. The van der Waals surface area contributed by atoms with Gasteiger partial charge in [-0.05, 0) is 18.8 Å². The van der Waals surface area contributed by atoms with Gasteiger partial charge in [0.25, 0.3) is 0 Å². The predicted octanol–water partition coefficient (Wildman–Crippen LogP) is 8.06. The van der Waals surface area contributed by atoms with Crippen molar-refractivity contribution < 1.29 is 14.3 Å². The number of esters is 1. The molecule has 7 nitrogen and oxygen atoms in total. The summed E-state index contributed by atoms with van der Waals surface area (Å²) in [6.07, 6.45) is 6.51. The van der Waals surface area contributed by atoms with Crippen LogP contribution >= 0.6 is 19.8 Å². The second kappa shape index (κ2) is 13.5. The van der Waals surface area contributed by atoms with E-state index in [0.717, 1.165) is 83.2 Å². The quantitative estimate of drug-likeness (QED) is 0.0715. The molecule has 45 heavy (non-hydrogen) atoms. The normalized spacial score (nSPS) is 16.8. The minimum atomic E-state index is -1.09. The van der Waals surface area contributed by atoms with Gasteiger partial charge in [0.15, 0.2) is 0 Å². The Kier molecular flexibility index (Phi) is 9.49. The zero-order valence-electron chi connectivity index (χ0n) is 27.2. The third-order valence-corrected chi connectivity index (χ3v) is 16.0. The van der Waals surface area contributed by atoms with Crippen molar-refractivity contribution in [3.05, 3.63) is 75.5 Å². The first-order valence-corrected chi connectivity index (χ1v) is 20.2. The number of nitrogens with zero attached hydrogens (tertiary/aromatic N) is 4. The van der Waals surface area contributed by atoms with Crippen LogP contribution in [0.15, 0.2) is 55.1 Å². The Bertz CT molecular complexity index is 1720. The summed E-state index contributed by atoms with van der Waals surface area (Å²) in [5, 5.41) is 5.15.